The molecule has 1 saturated heterocycles. The van der Waals surface area contributed by atoms with Gasteiger partial charge in [0.25, 0.3) is 5.91 Å². The van der Waals surface area contributed by atoms with Crippen LogP contribution in [0, 0.1) is 0 Å². The van der Waals surface area contributed by atoms with Gasteiger partial charge in [0, 0.05) is 38.3 Å². The Hall–Kier alpha value is -2.46. The van der Waals surface area contributed by atoms with Gasteiger partial charge in [-0.15, -0.1) is 0 Å². The van der Waals surface area contributed by atoms with Crippen molar-refractivity contribution in [3.05, 3.63) is 59.7 Å². The second-order valence-electron chi connectivity index (χ2n) is 8.29. The smallest absolute Gasteiger partial charge is 0.251 e. The van der Waals surface area contributed by atoms with Crippen LogP contribution < -0.4 is 10.1 Å². The quantitative estimate of drug-likeness (QED) is 0.600. The molecule has 0 aromatic heterocycles. The van der Waals surface area contributed by atoms with E-state index in [0.29, 0.717) is 25.3 Å². The summed E-state index contributed by atoms with van der Waals surface area (Å²) < 4.78 is 37.7. The Morgan fingerprint density at radius 1 is 1.15 bits per heavy atom. The fourth-order valence-electron chi connectivity index (χ4n) is 3.71. The largest absolute Gasteiger partial charge is 0.497 e. The van der Waals surface area contributed by atoms with Crippen molar-refractivity contribution in [3.8, 4) is 5.75 Å². The molecule has 1 aliphatic rings. The molecule has 0 unspecified atom stereocenters. The molecular weight excluding hydrogens is 442 g/mol. The predicted molar refractivity (Wildman–Crippen MR) is 127 cm³/mol. The second-order valence-corrected chi connectivity index (χ2v) is 10.3. The Morgan fingerprint density at radius 3 is 2.42 bits per heavy atom. The van der Waals surface area contributed by atoms with E-state index in [1.165, 1.54) is 23.5 Å². The molecule has 1 N–H and O–H groups in total. The van der Waals surface area contributed by atoms with E-state index in [0.717, 1.165) is 24.4 Å². The van der Waals surface area contributed by atoms with Crippen LogP contribution in [0.25, 0.3) is 0 Å². The number of carbonyl (C=O) groups is 1. The number of carbonyl (C=O) groups excluding carboxylic acids is 1. The van der Waals surface area contributed by atoms with Gasteiger partial charge in [0.15, 0.2) is 0 Å². The maximum atomic E-state index is 13.0. The highest BCUT2D eigenvalue weighted by molar-refractivity contribution is 7.89. The average molecular weight is 476 g/mol. The number of morpholine rings is 1. The van der Waals surface area contributed by atoms with Crippen molar-refractivity contribution in [2.24, 2.45) is 0 Å². The van der Waals surface area contributed by atoms with Crippen LogP contribution in [0.2, 0.25) is 0 Å². The molecule has 1 heterocycles. The van der Waals surface area contributed by atoms with Gasteiger partial charge < -0.3 is 14.8 Å². The Kier molecular flexibility index (Phi) is 8.47. The van der Waals surface area contributed by atoms with Gasteiger partial charge in [-0.1, -0.05) is 18.2 Å². The third-order valence-electron chi connectivity index (χ3n) is 5.94. The predicted octanol–water partition coefficient (Wildman–Crippen LogP) is 2.53. The minimum absolute atomic E-state index is 0.0391. The van der Waals surface area contributed by atoms with Crippen LogP contribution in [0.1, 0.15) is 35.8 Å². The Balaban J connectivity index is 1.77. The maximum Gasteiger partial charge on any atom is 0.251 e. The van der Waals surface area contributed by atoms with Crippen LogP contribution in [0.5, 0.6) is 5.75 Å². The van der Waals surface area contributed by atoms with Crippen LogP contribution in [-0.4, -0.2) is 76.6 Å². The summed E-state index contributed by atoms with van der Waals surface area (Å²) in [5.74, 6) is 0.457. The van der Waals surface area contributed by atoms with Gasteiger partial charge in [0.05, 0.1) is 31.3 Å². The normalized spacial score (nSPS) is 16.1. The molecule has 3 rings (SSSR count). The van der Waals surface area contributed by atoms with Gasteiger partial charge in [0.2, 0.25) is 10.0 Å². The van der Waals surface area contributed by atoms with Crippen LogP contribution in [0.4, 0.5) is 0 Å². The zero-order valence-electron chi connectivity index (χ0n) is 19.7. The van der Waals surface area contributed by atoms with Crippen LogP contribution in [-0.2, 0) is 14.8 Å². The summed E-state index contributed by atoms with van der Waals surface area (Å²) in [5, 5.41) is 2.99. The first-order valence-electron chi connectivity index (χ1n) is 11.1. The minimum Gasteiger partial charge on any atom is -0.497 e. The lowest BCUT2D eigenvalue weighted by Gasteiger charge is -2.35. The highest BCUT2D eigenvalue weighted by Crippen LogP contribution is 2.24. The molecule has 0 saturated carbocycles. The number of amides is 1. The topological polar surface area (TPSA) is 88.2 Å². The molecule has 0 radical (unpaired) electrons. The number of nitrogens with one attached hydrogen (secondary N) is 1. The maximum absolute atomic E-state index is 13.0. The molecule has 180 valence electrons. The second kappa shape index (κ2) is 11.1. The highest BCUT2D eigenvalue weighted by atomic mass is 32.2. The summed E-state index contributed by atoms with van der Waals surface area (Å²) in [7, 11) is -0.510. The van der Waals surface area contributed by atoms with E-state index in [9.17, 15) is 13.2 Å². The minimum atomic E-state index is -3.67. The molecule has 0 spiro atoms. The molecule has 33 heavy (non-hydrogen) atoms. The van der Waals surface area contributed by atoms with Crippen molar-refractivity contribution in [2.75, 3.05) is 47.0 Å². The lowest BCUT2D eigenvalue weighted by atomic mass is 10.0. The van der Waals surface area contributed by atoms with Crippen molar-refractivity contribution in [1.82, 2.24) is 14.5 Å². The van der Waals surface area contributed by atoms with E-state index in [-0.39, 0.29) is 22.9 Å². The summed E-state index contributed by atoms with van der Waals surface area (Å²) in [6.07, 6.45) is 0. The summed E-state index contributed by atoms with van der Waals surface area (Å²) >= 11 is 0. The summed E-state index contributed by atoms with van der Waals surface area (Å²) in [6.45, 7) is 6.81. The number of rotatable bonds is 9. The summed E-state index contributed by atoms with van der Waals surface area (Å²) in [6, 6.07) is 13.8. The van der Waals surface area contributed by atoms with E-state index >= 15 is 0 Å². The first kappa shape index (κ1) is 25.2. The van der Waals surface area contributed by atoms with E-state index < -0.39 is 10.0 Å². The highest BCUT2D eigenvalue weighted by Gasteiger charge is 2.26. The number of ether oxygens (including phenoxy) is 2. The van der Waals surface area contributed by atoms with Crippen molar-refractivity contribution in [2.45, 2.75) is 30.8 Å². The molecule has 1 atom stereocenters. The Labute approximate surface area is 196 Å². The Bertz CT molecular complexity index is 1030. The summed E-state index contributed by atoms with van der Waals surface area (Å²) in [5.41, 5.74) is 1.37. The van der Waals surface area contributed by atoms with Gasteiger partial charge in [0.1, 0.15) is 5.75 Å². The monoisotopic (exact) mass is 475 g/mol. The van der Waals surface area contributed by atoms with E-state index in [1.807, 2.05) is 24.3 Å². The van der Waals surface area contributed by atoms with Crippen molar-refractivity contribution in [3.63, 3.8) is 0 Å². The molecule has 0 aliphatic carbocycles. The van der Waals surface area contributed by atoms with Gasteiger partial charge in [-0.25, -0.2) is 8.42 Å². The first-order valence-corrected chi connectivity index (χ1v) is 12.5. The number of benzene rings is 2. The van der Waals surface area contributed by atoms with Gasteiger partial charge in [-0.05, 0) is 49.7 Å². The Morgan fingerprint density at radius 2 is 1.82 bits per heavy atom. The number of hydrogen-bond donors (Lipinski definition) is 1. The van der Waals surface area contributed by atoms with E-state index in [1.54, 1.807) is 33.1 Å². The van der Waals surface area contributed by atoms with Gasteiger partial charge in [-0.3, -0.25) is 9.69 Å². The molecule has 9 heteroatoms. The molecule has 1 amide bonds. The fraction of sp³-hybridized carbons (Fsp3) is 0.458. The van der Waals surface area contributed by atoms with Gasteiger partial charge in [-0.2, -0.15) is 4.31 Å². The molecule has 2 aromatic rings. The molecule has 8 nitrogen and oxygen atoms in total. The third-order valence-corrected chi connectivity index (χ3v) is 7.97. The zero-order valence-corrected chi connectivity index (χ0v) is 20.5. The van der Waals surface area contributed by atoms with Crippen molar-refractivity contribution < 1.29 is 22.7 Å². The van der Waals surface area contributed by atoms with Crippen LogP contribution >= 0.6 is 0 Å². The molecular formula is C24H33N3O5S. The fourth-order valence-corrected chi connectivity index (χ4v) is 5.12. The third kappa shape index (κ3) is 6.11. The standard InChI is InChI=1S/C24H33N3O5S/c1-18(2)26(3)33(29,30)22-7-5-6-20(16-22)24(28)25-17-23(27-12-14-32-15-13-27)19-8-10-21(31-4)11-9-19/h5-11,16,18,23H,12-15,17H2,1-4H3,(H,25,28)/t23-/m0/s1. The number of nitrogens with zero attached hydrogens (tertiary/aromatic N) is 2. The van der Waals surface area contributed by atoms with Crippen molar-refractivity contribution >= 4 is 15.9 Å². The molecule has 1 fully saturated rings. The van der Waals surface area contributed by atoms with E-state index in [4.69, 9.17) is 9.47 Å². The lowest BCUT2D eigenvalue weighted by molar-refractivity contribution is 0.0162. The molecule has 1 aliphatic heterocycles. The first-order chi connectivity index (χ1) is 15.7. The van der Waals surface area contributed by atoms with E-state index in [2.05, 4.69) is 10.2 Å². The zero-order chi connectivity index (χ0) is 24.0. The summed E-state index contributed by atoms with van der Waals surface area (Å²) in [4.78, 5) is 15.3. The SMILES string of the molecule is COc1ccc([C@H](CNC(=O)c2cccc(S(=O)(=O)N(C)C(C)C)c2)N2CCOCC2)cc1. The number of methoxy groups -OCH3 is 1. The van der Waals surface area contributed by atoms with Crippen molar-refractivity contribution in [1.29, 1.82) is 0 Å². The van der Waals surface area contributed by atoms with Gasteiger partial charge >= 0.3 is 0 Å². The lowest BCUT2D eigenvalue weighted by Crippen LogP contribution is -2.43. The van der Waals surface area contributed by atoms with Crippen LogP contribution in [0.3, 0.4) is 0 Å². The number of sulfonamides is 1. The average Bonchev–Trinajstić information content (AvgIpc) is 2.84. The number of hydrogen-bond acceptors (Lipinski definition) is 6. The van der Waals surface area contributed by atoms with Crippen LogP contribution in [0.15, 0.2) is 53.4 Å². The molecule has 0 bridgehead atoms. The molecule has 2 aromatic carbocycles.